The lowest BCUT2D eigenvalue weighted by Gasteiger charge is -2.28. The molecular weight excluding hydrogens is 480 g/mol. The number of aliphatic hydroxyl groups is 1. The topological polar surface area (TPSA) is 154 Å². The monoisotopic (exact) mass is 512 g/mol. The Bertz CT molecular complexity index is 1310. The fourth-order valence-corrected chi connectivity index (χ4v) is 4.20. The highest BCUT2D eigenvalue weighted by Gasteiger charge is 2.21. The van der Waals surface area contributed by atoms with Crippen LogP contribution < -0.4 is 26.1 Å². The van der Waals surface area contributed by atoms with Crippen molar-refractivity contribution in [2.24, 2.45) is 5.73 Å². The van der Waals surface area contributed by atoms with Crippen molar-refractivity contribution >= 4 is 22.8 Å². The summed E-state index contributed by atoms with van der Waals surface area (Å²) in [5.41, 5.74) is 6.47. The second-order valence-electron chi connectivity index (χ2n) is 8.64. The van der Waals surface area contributed by atoms with Crippen LogP contribution >= 0.6 is 0 Å². The Morgan fingerprint density at radius 3 is 2.78 bits per heavy atom. The summed E-state index contributed by atoms with van der Waals surface area (Å²) >= 11 is 0. The Morgan fingerprint density at radius 2 is 2.08 bits per heavy atom. The average Bonchev–Trinajstić information content (AvgIpc) is 2.90. The van der Waals surface area contributed by atoms with E-state index < -0.39 is 12.0 Å². The lowest BCUT2D eigenvalue weighted by molar-refractivity contribution is 0.00447. The standard InChI is InChI=1S/C25H32N6O6/c1-16-18(4-3-8-27-16)23(33)29-25-28-21-19(24(34)31(25)9-7-26)5-6-20(22(21)35-2)37-15-17(32)14-30-10-12-36-13-11-30/h3-6,8,17,32H,7,9-15,26H2,1-2H3,(H,28,29,33)/t17-/m1/s1. The van der Waals surface area contributed by atoms with E-state index in [9.17, 15) is 14.7 Å². The molecule has 1 aliphatic rings. The Hall–Kier alpha value is -3.58. The summed E-state index contributed by atoms with van der Waals surface area (Å²) in [7, 11) is 1.44. The maximum atomic E-state index is 13.3. The van der Waals surface area contributed by atoms with Gasteiger partial charge in [0.25, 0.3) is 11.5 Å². The minimum absolute atomic E-state index is 0.0212. The van der Waals surface area contributed by atoms with E-state index in [2.05, 4.69) is 20.2 Å². The third-order valence-corrected chi connectivity index (χ3v) is 6.08. The summed E-state index contributed by atoms with van der Waals surface area (Å²) in [5.74, 6) is 0.111. The van der Waals surface area contributed by atoms with E-state index in [1.165, 1.54) is 11.7 Å². The molecule has 3 heterocycles. The van der Waals surface area contributed by atoms with Crippen LogP contribution in [0.15, 0.2) is 35.3 Å². The second-order valence-corrected chi connectivity index (χ2v) is 8.64. The van der Waals surface area contributed by atoms with Crippen molar-refractivity contribution in [2.45, 2.75) is 19.6 Å². The summed E-state index contributed by atoms with van der Waals surface area (Å²) in [4.78, 5) is 37.1. The highest BCUT2D eigenvalue weighted by molar-refractivity contribution is 6.04. The van der Waals surface area contributed by atoms with E-state index in [0.717, 1.165) is 13.1 Å². The molecule has 0 saturated carbocycles. The molecule has 1 amide bonds. The number of ether oxygens (including phenoxy) is 3. The zero-order chi connectivity index (χ0) is 26.4. The highest BCUT2D eigenvalue weighted by Crippen LogP contribution is 2.34. The number of morpholine rings is 1. The van der Waals surface area contributed by atoms with Crippen LogP contribution in [0.4, 0.5) is 5.95 Å². The first kappa shape index (κ1) is 26.5. The van der Waals surface area contributed by atoms with E-state index in [-0.39, 0.29) is 47.9 Å². The van der Waals surface area contributed by atoms with Gasteiger partial charge in [-0.2, -0.15) is 0 Å². The quantitative estimate of drug-likeness (QED) is 0.348. The van der Waals surface area contributed by atoms with Crippen molar-refractivity contribution < 1.29 is 24.1 Å². The SMILES string of the molecule is COc1c(OC[C@H](O)CN2CCOCC2)ccc2c(=O)n(CCN)c(NC(=O)c3cccnc3C)nc12. The van der Waals surface area contributed by atoms with Gasteiger partial charge in [-0.1, -0.05) is 0 Å². The summed E-state index contributed by atoms with van der Waals surface area (Å²) in [6.07, 6.45) is 0.858. The van der Waals surface area contributed by atoms with Gasteiger partial charge in [0, 0.05) is 44.6 Å². The number of carbonyl (C=O) groups excluding carboxylic acids is 1. The molecule has 1 saturated heterocycles. The molecule has 0 unspecified atom stereocenters. The number of aromatic nitrogens is 3. The molecule has 2 aromatic heterocycles. The number of rotatable bonds is 10. The van der Waals surface area contributed by atoms with E-state index in [0.29, 0.717) is 36.8 Å². The molecule has 0 bridgehead atoms. The number of aliphatic hydroxyl groups excluding tert-OH is 1. The first-order chi connectivity index (χ1) is 17.9. The van der Waals surface area contributed by atoms with Crippen molar-refractivity contribution in [1.82, 2.24) is 19.4 Å². The number of nitrogens with zero attached hydrogens (tertiary/aromatic N) is 4. The molecule has 37 heavy (non-hydrogen) atoms. The first-order valence-corrected chi connectivity index (χ1v) is 12.1. The van der Waals surface area contributed by atoms with E-state index in [1.807, 2.05) is 0 Å². The molecular formula is C25H32N6O6. The normalized spacial score (nSPS) is 14.9. The molecule has 1 aliphatic heterocycles. The molecule has 0 spiro atoms. The average molecular weight is 513 g/mol. The number of hydrogen-bond acceptors (Lipinski definition) is 10. The number of fused-ring (bicyclic) bond motifs is 1. The Balaban J connectivity index is 1.64. The Morgan fingerprint density at radius 1 is 1.30 bits per heavy atom. The van der Waals surface area contributed by atoms with Gasteiger partial charge in [0.2, 0.25) is 5.95 Å². The highest BCUT2D eigenvalue weighted by atomic mass is 16.5. The zero-order valence-electron chi connectivity index (χ0n) is 21.0. The van der Waals surface area contributed by atoms with Gasteiger partial charge in [-0.15, -0.1) is 0 Å². The van der Waals surface area contributed by atoms with Crippen LogP contribution in [-0.2, 0) is 11.3 Å². The molecule has 4 N–H and O–H groups in total. The third-order valence-electron chi connectivity index (χ3n) is 6.08. The number of β-amino-alcohol motifs (C(OH)–C–C–N with tert-alkyl or cyclic N) is 1. The Labute approximate surface area is 214 Å². The van der Waals surface area contributed by atoms with Crippen molar-refractivity contribution in [1.29, 1.82) is 0 Å². The van der Waals surface area contributed by atoms with Crippen LogP contribution in [0.3, 0.4) is 0 Å². The zero-order valence-corrected chi connectivity index (χ0v) is 21.0. The lowest BCUT2D eigenvalue weighted by atomic mass is 10.2. The van der Waals surface area contributed by atoms with Crippen molar-refractivity contribution in [2.75, 3.05) is 58.4 Å². The number of carbonyl (C=O) groups is 1. The van der Waals surface area contributed by atoms with Crippen molar-refractivity contribution in [3.63, 3.8) is 0 Å². The number of benzene rings is 1. The summed E-state index contributed by atoms with van der Waals surface area (Å²) in [5, 5.41) is 13.5. The lowest BCUT2D eigenvalue weighted by Crippen LogP contribution is -2.42. The summed E-state index contributed by atoms with van der Waals surface area (Å²) in [6, 6.07) is 6.48. The van der Waals surface area contributed by atoms with E-state index in [1.54, 1.807) is 37.4 Å². The number of anilines is 1. The minimum Gasteiger partial charge on any atom is -0.491 e. The number of pyridine rings is 1. The second kappa shape index (κ2) is 12.1. The predicted molar refractivity (Wildman–Crippen MR) is 137 cm³/mol. The number of aryl methyl sites for hydroxylation is 1. The molecule has 12 heteroatoms. The van der Waals surface area contributed by atoms with Gasteiger partial charge in [0.1, 0.15) is 18.2 Å². The van der Waals surface area contributed by atoms with Crippen LogP contribution in [-0.4, -0.2) is 89.7 Å². The minimum atomic E-state index is -0.735. The van der Waals surface area contributed by atoms with Crippen molar-refractivity contribution in [3.8, 4) is 11.5 Å². The van der Waals surface area contributed by atoms with Crippen LogP contribution in [0, 0.1) is 6.92 Å². The van der Waals surface area contributed by atoms with Crippen LogP contribution in [0.1, 0.15) is 16.1 Å². The van der Waals surface area contributed by atoms with Gasteiger partial charge in [0.15, 0.2) is 11.5 Å². The molecule has 12 nitrogen and oxygen atoms in total. The largest absolute Gasteiger partial charge is 0.491 e. The maximum Gasteiger partial charge on any atom is 0.262 e. The smallest absolute Gasteiger partial charge is 0.262 e. The first-order valence-electron chi connectivity index (χ1n) is 12.1. The number of nitrogens with two attached hydrogens (primary N) is 1. The number of amides is 1. The predicted octanol–water partition coefficient (Wildman–Crippen LogP) is 0.391. The molecule has 4 rings (SSSR count). The van der Waals surface area contributed by atoms with Crippen molar-refractivity contribution in [3.05, 3.63) is 52.1 Å². The van der Waals surface area contributed by atoms with E-state index >= 15 is 0 Å². The van der Waals surface area contributed by atoms with Crippen LogP contribution in [0.25, 0.3) is 10.9 Å². The third kappa shape index (κ3) is 6.05. The molecule has 0 aliphatic carbocycles. The van der Waals surface area contributed by atoms with Crippen LogP contribution in [0.5, 0.6) is 11.5 Å². The number of hydrogen-bond donors (Lipinski definition) is 3. The number of nitrogens with one attached hydrogen (secondary N) is 1. The molecule has 198 valence electrons. The van der Waals surface area contributed by atoms with Gasteiger partial charge < -0.3 is 25.1 Å². The number of methoxy groups -OCH3 is 1. The van der Waals surface area contributed by atoms with Gasteiger partial charge in [-0.3, -0.25) is 29.4 Å². The molecule has 1 atom stereocenters. The fourth-order valence-electron chi connectivity index (χ4n) is 4.20. The molecule has 3 aromatic rings. The summed E-state index contributed by atoms with van der Waals surface area (Å²) < 4.78 is 18.1. The van der Waals surface area contributed by atoms with Gasteiger partial charge in [-0.25, -0.2) is 4.98 Å². The van der Waals surface area contributed by atoms with Gasteiger partial charge >= 0.3 is 0 Å². The van der Waals surface area contributed by atoms with E-state index in [4.69, 9.17) is 19.9 Å². The van der Waals surface area contributed by atoms with Gasteiger partial charge in [0.05, 0.1) is 31.3 Å². The summed E-state index contributed by atoms with van der Waals surface area (Å²) in [6.45, 7) is 5.29. The molecule has 1 fully saturated rings. The molecule has 0 radical (unpaired) electrons. The fraction of sp³-hybridized carbons (Fsp3) is 0.440. The van der Waals surface area contributed by atoms with Crippen LogP contribution in [0.2, 0.25) is 0 Å². The Kier molecular flexibility index (Phi) is 8.66. The van der Waals surface area contributed by atoms with Gasteiger partial charge in [-0.05, 0) is 31.2 Å². The molecule has 1 aromatic carbocycles. The maximum absolute atomic E-state index is 13.3.